The van der Waals surface area contributed by atoms with E-state index in [-0.39, 0.29) is 0 Å². The van der Waals surface area contributed by atoms with E-state index < -0.39 is 4.25 Å². The van der Waals surface area contributed by atoms with Crippen LogP contribution in [0.5, 0.6) is 0 Å². The molecule has 0 atom stereocenters. The third kappa shape index (κ3) is 16.7. The number of rotatable bonds is 24. The molecule has 0 heterocycles. The summed E-state index contributed by atoms with van der Waals surface area (Å²) < 4.78 is -1.56. The van der Waals surface area contributed by atoms with Gasteiger partial charge in [0.1, 0.15) is 0 Å². The molecule has 0 aliphatic carbocycles. The average Bonchev–Trinajstić information content (AvgIpc) is 2.74. The van der Waals surface area contributed by atoms with E-state index >= 15 is 0 Å². The van der Waals surface area contributed by atoms with Crippen LogP contribution in [0.1, 0.15) is 156 Å². The molecule has 0 radical (unpaired) electrons. The summed E-state index contributed by atoms with van der Waals surface area (Å²) in [6.45, 7) is 9.39. The Labute approximate surface area is 206 Å². The van der Waals surface area contributed by atoms with Crippen molar-refractivity contribution in [3.05, 3.63) is 0 Å². The third-order valence-corrected chi connectivity index (χ3v) is 18.8. The topological polar surface area (TPSA) is 0 Å². The van der Waals surface area contributed by atoms with Crippen molar-refractivity contribution in [3.63, 3.8) is 0 Å². The first kappa shape index (κ1) is 31.2. The van der Waals surface area contributed by atoms with Gasteiger partial charge in [0.25, 0.3) is 0 Å². The summed E-state index contributed by atoms with van der Waals surface area (Å²) in [7, 11) is 0. The SMILES string of the molecule is CCCCCCCP(I)(CCCCCCC)(CCCCCCC)CCCCCCC. The van der Waals surface area contributed by atoms with Crippen LogP contribution in [0.4, 0.5) is 0 Å². The van der Waals surface area contributed by atoms with Crippen LogP contribution in [0, 0.1) is 0 Å². The standard InChI is InChI=1S/C28H60IP/c1-5-9-13-17-21-25-30(29,26-22-18-14-10-6-2,27-23-19-15-11-7-3)28-24-20-16-12-8-4/h5-28H2,1-4H3. The van der Waals surface area contributed by atoms with E-state index in [1.165, 1.54) is 128 Å². The summed E-state index contributed by atoms with van der Waals surface area (Å²) in [6.07, 6.45) is 35.7. The normalized spacial score (nSPS) is 13.4. The molecule has 30 heavy (non-hydrogen) atoms. The van der Waals surface area contributed by atoms with Gasteiger partial charge in [-0.3, -0.25) is 0 Å². The van der Waals surface area contributed by atoms with E-state index in [0.29, 0.717) is 0 Å². The van der Waals surface area contributed by atoms with Crippen LogP contribution >= 0.6 is 26.3 Å². The summed E-state index contributed by atoms with van der Waals surface area (Å²) in [5.74, 6) is 0. The van der Waals surface area contributed by atoms with Crippen molar-refractivity contribution >= 4 is 26.3 Å². The molecule has 0 fully saturated rings. The zero-order valence-corrected chi connectivity index (χ0v) is 24.8. The number of hydrogen-bond acceptors (Lipinski definition) is 0. The molecule has 0 aliphatic rings. The Kier molecular flexibility index (Phi) is 21.5. The molecule has 0 rings (SSSR count). The van der Waals surface area contributed by atoms with Crippen molar-refractivity contribution in [1.82, 2.24) is 0 Å². The van der Waals surface area contributed by atoms with Crippen LogP contribution in [-0.2, 0) is 0 Å². The summed E-state index contributed by atoms with van der Waals surface area (Å²) in [6, 6.07) is 0. The minimum absolute atomic E-state index is 1.38. The molecule has 0 aliphatic heterocycles. The van der Waals surface area contributed by atoms with Crippen molar-refractivity contribution < 1.29 is 0 Å². The monoisotopic (exact) mass is 554 g/mol. The number of hydrogen-bond donors (Lipinski definition) is 0. The van der Waals surface area contributed by atoms with Crippen LogP contribution in [0.3, 0.4) is 0 Å². The Morgan fingerprint density at radius 1 is 0.333 bits per heavy atom. The van der Waals surface area contributed by atoms with Gasteiger partial charge in [0.15, 0.2) is 0 Å². The first-order valence-electron chi connectivity index (χ1n) is 14.3. The molecule has 0 unspecified atom stereocenters. The fraction of sp³-hybridized carbons (Fsp3) is 1.00. The molecule has 0 saturated heterocycles. The van der Waals surface area contributed by atoms with Crippen LogP contribution in [0.2, 0.25) is 0 Å². The molecular weight excluding hydrogens is 494 g/mol. The number of unbranched alkanes of at least 4 members (excludes halogenated alkanes) is 16. The van der Waals surface area contributed by atoms with E-state index in [1.807, 2.05) is 0 Å². The third-order valence-electron chi connectivity index (χ3n) is 7.28. The fourth-order valence-corrected chi connectivity index (χ4v) is 14.6. The van der Waals surface area contributed by atoms with Crippen molar-refractivity contribution in [3.8, 4) is 0 Å². The second kappa shape index (κ2) is 20.7. The van der Waals surface area contributed by atoms with Crippen LogP contribution < -0.4 is 0 Å². The van der Waals surface area contributed by atoms with Gasteiger partial charge in [-0.05, 0) is 0 Å². The van der Waals surface area contributed by atoms with Crippen LogP contribution in [0.15, 0.2) is 0 Å². The van der Waals surface area contributed by atoms with Gasteiger partial charge in [0.05, 0.1) is 0 Å². The Balaban J connectivity index is 4.98. The van der Waals surface area contributed by atoms with E-state index in [1.54, 1.807) is 24.6 Å². The van der Waals surface area contributed by atoms with Gasteiger partial charge in [-0.15, -0.1) is 0 Å². The van der Waals surface area contributed by atoms with E-state index in [4.69, 9.17) is 0 Å². The quantitative estimate of drug-likeness (QED) is 0.0632. The zero-order chi connectivity index (χ0) is 22.4. The average molecular weight is 555 g/mol. The maximum atomic E-state index is 3.18. The number of halogens is 1. The Bertz CT molecular complexity index is 287. The van der Waals surface area contributed by atoms with Gasteiger partial charge < -0.3 is 0 Å². The molecule has 0 aromatic rings. The van der Waals surface area contributed by atoms with Gasteiger partial charge in [-0.2, -0.15) is 0 Å². The molecule has 0 aromatic heterocycles. The molecule has 0 amide bonds. The first-order chi connectivity index (χ1) is 14.5. The van der Waals surface area contributed by atoms with Crippen molar-refractivity contribution in [1.29, 1.82) is 0 Å². The van der Waals surface area contributed by atoms with Gasteiger partial charge in [0, 0.05) is 0 Å². The Hall–Kier alpha value is 1.16. The van der Waals surface area contributed by atoms with Crippen molar-refractivity contribution in [2.75, 3.05) is 24.6 Å². The molecule has 0 N–H and O–H groups in total. The van der Waals surface area contributed by atoms with Gasteiger partial charge in [-0.1, -0.05) is 0 Å². The maximum absolute atomic E-state index is 3.18. The minimum atomic E-state index is -1.56. The first-order valence-corrected chi connectivity index (χ1v) is 20.0. The molecule has 0 bridgehead atoms. The van der Waals surface area contributed by atoms with Crippen molar-refractivity contribution in [2.45, 2.75) is 156 Å². The predicted molar refractivity (Wildman–Crippen MR) is 155 cm³/mol. The second-order valence-corrected chi connectivity index (χ2v) is 24.0. The second-order valence-electron chi connectivity index (χ2n) is 10.4. The molecule has 0 spiro atoms. The van der Waals surface area contributed by atoms with Gasteiger partial charge >= 0.3 is 207 Å². The van der Waals surface area contributed by atoms with Crippen LogP contribution in [-0.4, -0.2) is 24.6 Å². The zero-order valence-electron chi connectivity index (χ0n) is 21.8. The molecule has 2 heteroatoms. The summed E-state index contributed by atoms with van der Waals surface area (Å²) >= 11 is 3.18. The molecule has 0 saturated carbocycles. The molecule has 0 aromatic carbocycles. The fourth-order valence-electron chi connectivity index (χ4n) is 5.11. The molecule has 184 valence electrons. The Morgan fingerprint density at radius 3 is 0.733 bits per heavy atom. The summed E-state index contributed by atoms with van der Waals surface area (Å²) in [4.78, 5) is 0. The van der Waals surface area contributed by atoms with Gasteiger partial charge in [0.2, 0.25) is 0 Å². The Morgan fingerprint density at radius 2 is 0.533 bits per heavy atom. The van der Waals surface area contributed by atoms with E-state index in [9.17, 15) is 0 Å². The molecular formula is C28H60IP. The summed E-state index contributed by atoms with van der Waals surface area (Å²) in [5, 5.41) is 0. The van der Waals surface area contributed by atoms with E-state index in [0.717, 1.165) is 0 Å². The predicted octanol–water partition coefficient (Wildman–Crippen LogP) is 11.8. The van der Waals surface area contributed by atoms with Crippen molar-refractivity contribution in [2.24, 2.45) is 0 Å². The van der Waals surface area contributed by atoms with Crippen LogP contribution in [0.25, 0.3) is 0 Å². The van der Waals surface area contributed by atoms with Gasteiger partial charge in [-0.25, -0.2) is 0 Å². The van der Waals surface area contributed by atoms with E-state index in [2.05, 4.69) is 49.7 Å². The molecule has 0 nitrogen and oxygen atoms in total. The summed E-state index contributed by atoms with van der Waals surface area (Å²) in [5.41, 5.74) is 0.